The van der Waals surface area contributed by atoms with Gasteiger partial charge in [-0.25, -0.2) is 0 Å². The van der Waals surface area contributed by atoms with Gasteiger partial charge in [0.15, 0.2) is 5.78 Å². The quantitative estimate of drug-likeness (QED) is 0.409. The number of rotatable bonds is 6. The number of pyridine rings is 1. The van der Waals surface area contributed by atoms with E-state index in [2.05, 4.69) is 15.8 Å². The van der Waals surface area contributed by atoms with Crippen LogP contribution in [0.4, 0.5) is 0 Å². The number of nitrogens with one attached hydrogen (secondary N) is 2. The van der Waals surface area contributed by atoms with Crippen molar-refractivity contribution < 1.29 is 9.59 Å². The zero-order valence-electron chi connectivity index (χ0n) is 13.9. The van der Waals surface area contributed by atoms with Gasteiger partial charge in [0.1, 0.15) is 0 Å². The maximum Gasteiger partial charge on any atom is 0.271 e. The molecule has 5 heteroatoms. The van der Waals surface area contributed by atoms with Crippen LogP contribution < -0.4 is 10.9 Å². The van der Waals surface area contributed by atoms with E-state index in [9.17, 15) is 9.59 Å². The predicted molar refractivity (Wildman–Crippen MR) is 100 cm³/mol. The lowest BCUT2D eigenvalue weighted by atomic mass is 10.0. The molecular weight excluding hydrogens is 326 g/mol. The lowest BCUT2D eigenvalue weighted by molar-refractivity contribution is 0.0938. The SMILES string of the molecule is O=C(/C=C\NNC(=O)c1cccnc1)c1ccc(-c2ccccc2)cc1. The smallest absolute Gasteiger partial charge is 0.271 e. The van der Waals surface area contributed by atoms with E-state index in [0.717, 1.165) is 11.1 Å². The third-order valence-electron chi connectivity index (χ3n) is 3.70. The number of carbonyl (C=O) groups excluding carboxylic acids is 2. The Morgan fingerprint density at radius 1 is 0.808 bits per heavy atom. The average Bonchev–Trinajstić information content (AvgIpc) is 2.72. The highest BCUT2D eigenvalue weighted by Gasteiger charge is 2.04. The first-order chi connectivity index (χ1) is 12.7. The van der Waals surface area contributed by atoms with Crippen LogP contribution in [0.3, 0.4) is 0 Å². The maximum atomic E-state index is 12.2. The molecule has 128 valence electrons. The van der Waals surface area contributed by atoms with Crippen LogP contribution in [0, 0.1) is 0 Å². The van der Waals surface area contributed by atoms with E-state index in [0.29, 0.717) is 11.1 Å². The van der Waals surface area contributed by atoms with Gasteiger partial charge in [0, 0.05) is 30.2 Å². The Hall–Kier alpha value is -3.73. The van der Waals surface area contributed by atoms with Crippen molar-refractivity contribution in [3.8, 4) is 11.1 Å². The Morgan fingerprint density at radius 2 is 1.54 bits per heavy atom. The summed E-state index contributed by atoms with van der Waals surface area (Å²) in [6, 6.07) is 20.7. The highest BCUT2D eigenvalue weighted by Crippen LogP contribution is 2.19. The van der Waals surface area contributed by atoms with Gasteiger partial charge in [-0.3, -0.25) is 20.0 Å². The van der Waals surface area contributed by atoms with Gasteiger partial charge in [-0.05, 0) is 23.3 Å². The molecular formula is C21H17N3O2. The van der Waals surface area contributed by atoms with Gasteiger partial charge in [-0.2, -0.15) is 0 Å². The van der Waals surface area contributed by atoms with Crippen LogP contribution in [0.1, 0.15) is 20.7 Å². The van der Waals surface area contributed by atoms with Crippen molar-refractivity contribution in [1.82, 2.24) is 15.8 Å². The Kier molecular flexibility index (Phi) is 5.52. The van der Waals surface area contributed by atoms with Crippen LogP contribution in [0.25, 0.3) is 11.1 Å². The van der Waals surface area contributed by atoms with Crippen molar-refractivity contribution in [2.24, 2.45) is 0 Å². The van der Waals surface area contributed by atoms with Crippen molar-refractivity contribution in [1.29, 1.82) is 0 Å². The first kappa shape index (κ1) is 17.1. The topological polar surface area (TPSA) is 71.1 Å². The van der Waals surface area contributed by atoms with Crippen molar-refractivity contribution in [2.75, 3.05) is 0 Å². The molecule has 26 heavy (non-hydrogen) atoms. The number of amides is 1. The Bertz CT molecular complexity index is 905. The van der Waals surface area contributed by atoms with Gasteiger partial charge in [-0.15, -0.1) is 0 Å². The van der Waals surface area contributed by atoms with E-state index in [1.165, 1.54) is 18.5 Å². The molecule has 1 aromatic heterocycles. The van der Waals surface area contributed by atoms with E-state index in [-0.39, 0.29) is 11.7 Å². The molecule has 0 aliphatic heterocycles. The minimum Gasteiger partial charge on any atom is -0.305 e. The molecule has 0 fully saturated rings. The lowest BCUT2D eigenvalue weighted by Crippen LogP contribution is -2.33. The van der Waals surface area contributed by atoms with Gasteiger partial charge >= 0.3 is 0 Å². The first-order valence-corrected chi connectivity index (χ1v) is 8.06. The van der Waals surface area contributed by atoms with Gasteiger partial charge in [0.25, 0.3) is 5.91 Å². The lowest BCUT2D eigenvalue weighted by Gasteiger charge is -2.04. The number of carbonyl (C=O) groups is 2. The predicted octanol–water partition coefficient (Wildman–Crippen LogP) is 3.38. The van der Waals surface area contributed by atoms with E-state index >= 15 is 0 Å². The fourth-order valence-electron chi connectivity index (χ4n) is 2.35. The molecule has 0 aliphatic rings. The summed E-state index contributed by atoms with van der Waals surface area (Å²) in [6.45, 7) is 0. The van der Waals surface area contributed by atoms with Crippen molar-refractivity contribution >= 4 is 11.7 Å². The highest BCUT2D eigenvalue weighted by molar-refractivity contribution is 6.04. The minimum absolute atomic E-state index is 0.160. The molecule has 0 radical (unpaired) electrons. The molecule has 0 atom stereocenters. The molecule has 0 saturated heterocycles. The van der Waals surface area contributed by atoms with Crippen LogP contribution in [-0.4, -0.2) is 16.7 Å². The number of aromatic nitrogens is 1. The molecule has 1 heterocycles. The zero-order valence-corrected chi connectivity index (χ0v) is 13.9. The molecule has 2 aromatic carbocycles. The van der Waals surface area contributed by atoms with Crippen LogP contribution >= 0.6 is 0 Å². The second kappa shape index (κ2) is 8.39. The van der Waals surface area contributed by atoms with Crippen molar-refractivity contribution in [3.63, 3.8) is 0 Å². The Labute approximate surface area is 151 Å². The van der Waals surface area contributed by atoms with Crippen LogP contribution in [0.2, 0.25) is 0 Å². The molecule has 5 nitrogen and oxygen atoms in total. The Morgan fingerprint density at radius 3 is 2.23 bits per heavy atom. The second-order valence-corrected chi connectivity index (χ2v) is 5.48. The summed E-state index contributed by atoms with van der Waals surface area (Å²) in [5.41, 5.74) is 8.21. The van der Waals surface area contributed by atoms with Gasteiger partial charge in [0.2, 0.25) is 0 Å². The van der Waals surface area contributed by atoms with Crippen molar-refractivity contribution in [3.05, 3.63) is 103 Å². The van der Waals surface area contributed by atoms with Crippen LogP contribution in [0.5, 0.6) is 0 Å². The first-order valence-electron chi connectivity index (χ1n) is 8.06. The van der Waals surface area contributed by atoms with Crippen molar-refractivity contribution in [2.45, 2.75) is 0 Å². The molecule has 0 bridgehead atoms. The molecule has 0 aliphatic carbocycles. The molecule has 0 spiro atoms. The summed E-state index contributed by atoms with van der Waals surface area (Å²) in [5.74, 6) is -0.491. The van der Waals surface area contributed by atoms with Crippen LogP contribution in [0.15, 0.2) is 91.4 Å². The van der Waals surface area contributed by atoms with E-state index in [1.807, 2.05) is 42.5 Å². The zero-order chi connectivity index (χ0) is 18.2. The molecule has 3 rings (SSSR count). The number of hydrogen-bond donors (Lipinski definition) is 2. The minimum atomic E-state index is -0.331. The third-order valence-corrected chi connectivity index (χ3v) is 3.70. The molecule has 0 unspecified atom stereocenters. The Balaban J connectivity index is 1.54. The van der Waals surface area contributed by atoms with E-state index in [1.54, 1.807) is 30.5 Å². The monoisotopic (exact) mass is 343 g/mol. The van der Waals surface area contributed by atoms with E-state index in [4.69, 9.17) is 0 Å². The summed E-state index contributed by atoms with van der Waals surface area (Å²) in [6.07, 6.45) is 5.80. The van der Waals surface area contributed by atoms with Gasteiger partial charge < -0.3 is 5.43 Å². The summed E-state index contributed by atoms with van der Waals surface area (Å²) < 4.78 is 0. The normalized spacial score (nSPS) is 10.5. The van der Waals surface area contributed by atoms with Crippen LogP contribution in [-0.2, 0) is 0 Å². The van der Waals surface area contributed by atoms with E-state index < -0.39 is 0 Å². The number of nitrogens with zero attached hydrogens (tertiary/aromatic N) is 1. The van der Waals surface area contributed by atoms with Gasteiger partial charge in [-0.1, -0.05) is 54.6 Å². The number of ketones is 1. The van der Waals surface area contributed by atoms with Gasteiger partial charge in [0.05, 0.1) is 5.56 Å². The molecule has 0 saturated carbocycles. The number of hydrogen-bond acceptors (Lipinski definition) is 4. The number of allylic oxidation sites excluding steroid dienone is 1. The molecule has 2 N–H and O–H groups in total. The molecule has 3 aromatic rings. The fourth-order valence-corrected chi connectivity index (χ4v) is 2.35. The summed E-state index contributed by atoms with van der Waals surface area (Å²) in [4.78, 5) is 27.8. The number of benzene rings is 2. The average molecular weight is 343 g/mol. The molecule has 1 amide bonds. The third kappa shape index (κ3) is 4.42. The largest absolute Gasteiger partial charge is 0.305 e. The number of hydrazine groups is 1. The summed E-state index contributed by atoms with van der Waals surface area (Å²) in [5, 5.41) is 0. The standard InChI is InChI=1S/C21H17N3O2/c25-20(12-14-23-24-21(26)19-7-4-13-22-15-19)18-10-8-17(9-11-18)16-5-2-1-3-6-16/h1-15,23H,(H,24,26)/b14-12-. The fraction of sp³-hybridized carbons (Fsp3) is 0. The summed E-state index contributed by atoms with van der Waals surface area (Å²) >= 11 is 0. The second-order valence-electron chi connectivity index (χ2n) is 5.48. The summed E-state index contributed by atoms with van der Waals surface area (Å²) in [7, 11) is 0. The maximum absolute atomic E-state index is 12.2. The highest BCUT2D eigenvalue weighted by atomic mass is 16.2.